The van der Waals surface area contributed by atoms with Gasteiger partial charge in [-0.1, -0.05) is 0 Å². The van der Waals surface area contributed by atoms with Gasteiger partial charge in [-0.2, -0.15) is 13.2 Å². The van der Waals surface area contributed by atoms with Gasteiger partial charge in [0.05, 0.1) is 13.2 Å². The molecular weight excluding hydrogens is 273 g/mol. The number of ether oxygens (including phenoxy) is 2. The fraction of sp³-hybridized carbons (Fsp3) is 0.500. The monoisotopic (exact) mass is 288 g/mol. The summed E-state index contributed by atoms with van der Waals surface area (Å²) in [6, 6.07) is 5.26. The first-order valence-electron chi connectivity index (χ1n) is 6.39. The standard InChI is InChI=1S/C14H15F3O3/c15-14(16,17)9-19-6-1-7-20-11-3-4-12-10(8-11)2-5-13(12)18/h3-4,8H,1-2,5-7,9H2. The Kier molecular flexibility index (Phi) is 4.65. The molecule has 3 nitrogen and oxygen atoms in total. The maximum atomic E-state index is 11.8. The zero-order valence-corrected chi connectivity index (χ0v) is 10.8. The predicted octanol–water partition coefficient (Wildman–Crippen LogP) is 3.16. The number of hydrogen-bond acceptors (Lipinski definition) is 3. The smallest absolute Gasteiger partial charge is 0.411 e. The van der Waals surface area contributed by atoms with Crippen LogP contribution in [0, 0.1) is 0 Å². The lowest BCUT2D eigenvalue weighted by Gasteiger charge is -2.09. The number of benzene rings is 1. The number of hydrogen-bond donors (Lipinski definition) is 0. The number of aryl methyl sites for hydroxylation is 1. The Hall–Kier alpha value is -1.56. The SMILES string of the molecule is O=C1CCc2cc(OCCCOCC(F)(F)F)ccc21. The lowest BCUT2D eigenvalue weighted by atomic mass is 10.1. The largest absolute Gasteiger partial charge is 0.493 e. The van der Waals surface area contributed by atoms with Crippen molar-refractivity contribution in [1.82, 2.24) is 0 Å². The molecule has 0 bridgehead atoms. The normalized spacial score (nSPS) is 14.4. The summed E-state index contributed by atoms with van der Waals surface area (Å²) in [7, 11) is 0. The van der Waals surface area contributed by atoms with Gasteiger partial charge in [-0.3, -0.25) is 4.79 Å². The second-order valence-corrected chi connectivity index (χ2v) is 4.61. The molecule has 110 valence electrons. The Morgan fingerprint density at radius 2 is 1.95 bits per heavy atom. The molecule has 0 aliphatic heterocycles. The topological polar surface area (TPSA) is 35.5 Å². The van der Waals surface area contributed by atoms with Crippen molar-refractivity contribution in [3.8, 4) is 5.75 Å². The minimum absolute atomic E-state index is 0.00291. The number of alkyl halides is 3. The number of halogens is 3. The summed E-state index contributed by atoms with van der Waals surface area (Å²) < 4.78 is 45.3. The zero-order valence-electron chi connectivity index (χ0n) is 10.8. The highest BCUT2D eigenvalue weighted by Gasteiger charge is 2.27. The molecule has 20 heavy (non-hydrogen) atoms. The van der Waals surface area contributed by atoms with E-state index in [0.29, 0.717) is 18.6 Å². The van der Waals surface area contributed by atoms with Crippen molar-refractivity contribution in [1.29, 1.82) is 0 Å². The van der Waals surface area contributed by atoms with Crippen LogP contribution >= 0.6 is 0 Å². The molecule has 0 amide bonds. The first-order chi connectivity index (χ1) is 9.46. The molecule has 0 N–H and O–H groups in total. The van der Waals surface area contributed by atoms with Crippen molar-refractivity contribution >= 4 is 5.78 Å². The second-order valence-electron chi connectivity index (χ2n) is 4.61. The molecule has 1 aromatic carbocycles. The first kappa shape index (κ1) is 14.8. The van der Waals surface area contributed by atoms with Crippen LogP contribution < -0.4 is 4.74 Å². The van der Waals surface area contributed by atoms with E-state index in [0.717, 1.165) is 17.5 Å². The Morgan fingerprint density at radius 3 is 2.70 bits per heavy atom. The molecule has 0 unspecified atom stereocenters. The quantitative estimate of drug-likeness (QED) is 0.754. The van der Waals surface area contributed by atoms with Gasteiger partial charge < -0.3 is 9.47 Å². The van der Waals surface area contributed by atoms with Gasteiger partial charge in [-0.25, -0.2) is 0 Å². The van der Waals surface area contributed by atoms with E-state index < -0.39 is 12.8 Å². The first-order valence-corrected chi connectivity index (χ1v) is 6.39. The van der Waals surface area contributed by atoms with Crippen LogP contribution in [0.25, 0.3) is 0 Å². The van der Waals surface area contributed by atoms with Gasteiger partial charge in [0.25, 0.3) is 0 Å². The lowest BCUT2D eigenvalue weighted by Crippen LogP contribution is -2.18. The van der Waals surface area contributed by atoms with E-state index in [1.54, 1.807) is 12.1 Å². The number of carbonyl (C=O) groups excluding carboxylic acids is 1. The Morgan fingerprint density at radius 1 is 1.15 bits per heavy atom. The molecule has 1 aliphatic carbocycles. The summed E-state index contributed by atoms with van der Waals surface area (Å²) >= 11 is 0. The van der Waals surface area contributed by atoms with Crippen LogP contribution in [0.1, 0.15) is 28.8 Å². The van der Waals surface area contributed by atoms with Crippen molar-refractivity contribution in [2.45, 2.75) is 25.4 Å². The number of carbonyl (C=O) groups is 1. The van der Waals surface area contributed by atoms with Gasteiger partial charge in [0.2, 0.25) is 0 Å². The van der Waals surface area contributed by atoms with Crippen molar-refractivity contribution in [2.24, 2.45) is 0 Å². The summed E-state index contributed by atoms with van der Waals surface area (Å²) in [6.07, 6.45) is -2.65. The summed E-state index contributed by atoms with van der Waals surface area (Å²) in [5, 5.41) is 0. The molecule has 0 saturated heterocycles. The number of fused-ring (bicyclic) bond motifs is 1. The highest BCUT2D eigenvalue weighted by molar-refractivity contribution is 6.00. The number of rotatable bonds is 6. The van der Waals surface area contributed by atoms with E-state index in [1.165, 1.54) is 0 Å². The number of ketones is 1. The van der Waals surface area contributed by atoms with E-state index in [2.05, 4.69) is 4.74 Å². The van der Waals surface area contributed by atoms with Gasteiger partial charge in [0, 0.05) is 18.4 Å². The van der Waals surface area contributed by atoms with Crippen molar-refractivity contribution in [2.75, 3.05) is 19.8 Å². The molecule has 1 aromatic rings. The second kappa shape index (κ2) is 6.26. The van der Waals surface area contributed by atoms with Crippen LogP contribution in [-0.4, -0.2) is 31.8 Å². The molecule has 1 aliphatic rings. The molecule has 0 radical (unpaired) electrons. The minimum Gasteiger partial charge on any atom is -0.493 e. The molecule has 0 heterocycles. The van der Waals surface area contributed by atoms with Crippen LogP contribution in [0.15, 0.2) is 18.2 Å². The van der Waals surface area contributed by atoms with E-state index in [-0.39, 0.29) is 19.0 Å². The average molecular weight is 288 g/mol. The third kappa shape index (κ3) is 4.23. The molecule has 0 fully saturated rings. The molecule has 0 atom stereocenters. The third-order valence-electron chi connectivity index (χ3n) is 2.97. The molecule has 0 saturated carbocycles. The van der Waals surface area contributed by atoms with E-state index in [1.807, 2.05) is 6.07 Å². The maximum absolute atomic E-state index is 11.8. The van der Waals surface area contributed by atoms with Crippen molar-refractivity contribution in [3.05, 3.63) is 29.3 Å². The lowest BCUT2D eigenvalue weighted by molar-refractivity contribution is -0.174. The van der Waals surface area contributed by atoms with Crippen LogP contribution in [0.3, 0.4) is 0 Å². The van der Waals surface area contributed by atoms with E-state index in [9.17, 15) is 18.0 Å². The fourth-order valence-electron chi connectivity index (χ4n) is 2.06. The highest BCUT2D eigenvalue weighted by Crippen LogP contribution is 2.26. The summed E-state index contributed by atoms with van der Waals surface area (Å²) in [4.78, 5) is 11.4. The highest BCUT2D eigenvalue weighted by atomic mass is 19.4. The predicted molar refractivity (Wildman–Crippen MR) is 66.1 cm³/mol. The van der Waals surface area contributed by atoms with Crippen molar-refractivity contribution < 1.29 is 27.4 Å². The Bertz CT molecular complexity index is 483. The van der Waals surface area contributed by atoms with Gasteiger partial charge in [-0.15, -0.1) is 0 Å². The van der Waals surface area contributed by atoms with E-state index in [4.69, 9.17) is 4.74 Å². The van der Waals surface area contributed by atoms with Crippen LogP contribution in [-0.2, 0) is 11.2 Å². The maximum Gasteiger partial charge on any atom is 0.411 e. The average Bonchev–Trinajstić information content (AvgIpc) is 2.74. The summed E-state index contributed by atoms with van der Waals surface area (Å²) in [5.74, 6) is 0.779. The third-order valence-corrected chi connectivity index (χ3v) is 2.97. The summed E-state index contributed by atoms with van der Waals surface area (Å²) in [6.45, 7) is -0.943. The van der Waals surface area contributed by atoms with Gasteiger partial charge in [-0.05, 0) is 30.2 Å². The minimum atomic E-state index is -4.28. The van der Waals surface area contributed by atoms with Gasteiger partial charge in [0.15, 0.2) is 5.78 Å². The molecule has 6 heteroatoms. The molecule has 2 rings (SSSR count). The van der Waals surface area contributed by atoms with Gasteiger partial charge in [0.1, 0.15) is 12.4 Å². The Labute approximate surface area is 114 Å². The number of Topliss-reactive ketones (excluding diaryl/α,β-unsaturated/α-hetero) is 1. The molecular formula is C14H15F3O3. The van der Waals surface area contributed by atoms with E-state index >= 15 is 0 Å². The molecule has 0 spiro atoms. The fourth-order valence-corrected chi connectivity index (χ4v) is 2.06. The zero-order chi connectivity index (χ0) is 14.6. The Balaban J connectivity index is 1.69. The van der Waals surface area contributed by atoms with Crippen LogP contribution in [0.2, 0.25) is 0 Å². The van der Waals surface area contributed by atoms with Crippen LogP contribution in [0.4, 0.5) is 13.2 Å². The summed E-state index contributed by atoms with van der Waals surface area (Å²) in [5.41, 5.74) is 1.71. The molecule has 0 aromatic heterocycles. The van der Waals surface area contributed by atoms with Crippen LogP contribution in [0.5, 0.6) is 5.75 Å². The van der Waals surface area contributed by atoms with Crippen molar-refractivity contribution in [3.63, 3.8) is 0 Å². The van der Waals surface area contributed by atoms with Gasteiger partial charge >= 0.3 is 6.18 Å².